The molecule has 1 aromatic heterocycles. The molecule has 3 N–H and O–H groups in total. The molecule has 2 heterocycles. The van der Waals surface area contributed by atoms with Gasteiger partial charge in [0.25, 0.3) is 0 Å². The Labute approximate surface area is 107 Å². The van der Waals surface area contributed by atoms with E-state index in [2.05, 4.69) is 42.0 Å². The number of aromatic nitrogens is 2. The Hall–Kier alpha value is -1.39. The van der Waals surface area contributed by atoms with E-state index in [0.29, 0.717) is 6.54 Å². The number of fused-ring (bicyclic) bond motifs is 1. The van der Waals surface area contributed by atoms with Gasteiger partial charge in [-0.15, -0.1) is 0 Å². The minimum Gasteiger partial charge on any atom is -0.379 e. The van der Waals surface area contributed by atoms with E-state index in [1.54, 1.807) is 6.33 Å². The molecule has 0 radical (unpaired) electrons. The highest BCUT2D eigenvalue weighted by atomic mass is 16.5. The van der Waals surface area contributed by atoms with Crippen LogP contribution in [0.25, 0.3) is 11.0 Å². The summed E-state index contributed by atoms with van der Waals surface area (Å²) in [6, 6.07) is 6.40. The largest absolute Gasteiger partial charge is 0.379 e. The van der Waals surface area contributed by atoms with E-state index in [1.165, 1.54) is 5.56 Å². The van der Waals surface area contributed by atoms with Gasteiger partial charge < -0.3 is 15.5 Å². The molecule has 1 fully saturated rings. The average molecular weight is 245 g/mol. The molecular formula is C14H19N3O. The van der Waals surface area contributed by atoms with E-state index in [1.807, 2.05) is 0 Å². The van der Waals surface area contributed by atoms with Crippen molar-refractivity contribution in [1.82, 2.24) is 9.97 Å². The van der Waals surface area contributed by atoms with Crippen molar-refractivity contribution in [1.29, 1.82) is 0 Å². The van der Waals surface area contributed by atoms with Crippen LogP contribution in [0.4, 0.5) is 0 Å². The molecule has 1 aromatic carbocycles. The number of nitrogens with two attached hydrogens (primary N) is 1. The third kappa shape index (κ3) is 1.42. The number of ether oxygens (including phenoxy) is 1. The molecule has 0 amide bonds. The number of nitrogens with zero attached hydrogens (tertiary/aromatic N) is 1. The first-order chi connectivity index (χ1) is 8.59. The molecule has 1 saturated heterocycles. The van der Waals surface area contributed by atoms with Crippen LogP contribution in [-0.2, 0) is 10.2 Å². The van der Waals surface area contributed by atoms with E-state index in [-0.39, 0.29) is 10.8 Å². The van der Waals surface area contributed by atoms with Crippen molar-refractivity contribution < 1.29 is 4.74 Å². The summed E-state index contributed by atoms with van der Waals surface area (Å²) in [6.45, 7) is 6.57. The summed E-state index contributed by atoms with van der Waals surface area (Å²) < 4.78 is 5.49. The van der Waals surface area contributed by atoms with Gasteiger partial charge >= 0.3 is 0 Å². The zero-order valence-electron chi connectivity index (χ0n) is 10.9. The van der Waals surface area contributed by atoms with Gasteiger partial charge in [0.1, 0.15) is 0 Å². The van der Waals surface area contributed by atoms with Crippen molar-refractivity contribution in [3.63, 3.8) is 0 Å². The van der Waals surface area contributed by atoms with Crippen molar-refractivity contribution in [3.8, 4) is 0 Å². The lowest BCUT2D eigenvalue weighted by molar-refractivity contribution is -0.116. The lowest BCUT2D eigenvalue weighted by Gasteiger charge is -2.52. The quantitative estimate of drug-likeness (QED) is 0.867. The van der Waals surface area contributed by atoms with Crippen LogP contribution in [0.1, 0.15) is 19.4 Å². The van der Waals surface area contributed by atoms with Gasteiger partial charge in [-0.05, 0) is 29.7 Å². The Kier molecular flexibility index (Phi) is 2.47. The fourth-order valence-electron chi connectivity index (χ4n) is 2.68. The Bertz CT molecular complexity index is 569. The first-order valence-electron chi connectivity index (χ1n) is 6.30. The van der Waals surface area contributed by atoms with Gasteiger partial charge in [0.15, 0.2) is 0 Å². The van der Waals surface area contributed by atoms with Crippen molar-refractivity contribution in [2.24, 2.45) is 11.1 Å². The summed E-state index contributed by atoms with van der Waals surface area (Å²) in [5, 5.41) is 0. The minimum atomic E-state index is 0.0267. The standard InChI is InChI=1S/C14H19N3O/c1-13(2,6-15)14(7-18-8-14)10-3-4-11-12(5-10)17-9-16-11/h3-5,9H,6-8,15H2,1-2H3,(H,16,17). The van der Waals surface area contributed by atoms with Gasteiger partial charge in [-0.2, -0.15) is 0 Å². The van der Waals surface area contributed by atoms with Crippen LogP contribution < -0.4 is 5.73 Å². The van der Waals surface area contributed by atoms with Gasteiger partial charge in [-0.25, -0.2) is 4.98 Å². The van der Waals surface area contributed by atoms with Gasteiger partial charge in [0.05, 0.1) is 30.6 Å². The maximum absolute atomic E-state index is 5.96. The van der Waals surface area contributed by atoms with E-state index in [0.717, 1.165) is 24.2 Å². The zero-order chi connectivity index (χ0) is 12.8. The Balaban J connectivity index is 2.11. The third-order valence-electron chi connectivity index (χ3n) is 4.48. The molecule has 2 aromatic rings. The number of nitrogens with one attached hydrogen (secondary N) is 1. The second kappa shape index (κ2) is 3.80. The molecule has 4 nitrogen and oxygen atoms in total. The molecule has 0 spiro atoms. The van der Waals surface area contributed by atoms with E-state index in [4.69, 9.17) is 10.5 Å². The van der Waals surface area contributed by atoms with Crippen LogP contribution in [0.2, 0.25) is 0 Å². The van der Waals surface area contributed by atoms with Crippen LogP contribution in [0.3, 0.4) is 0 Å². The second-order valence-electron chi connectivity index (χ2n) is 5.80. The molecule has 0 saturated carbocycles. The highest BCUT2D eigenvalue weighted by molar-refractivity contribution is 5.75. The molecule has 96 valence electrons. The summed E-state index contributed by atoms with van der Waals surface area (Å²) in [5.74, 6) is 0. The molecule has 1 aliphatic rings. The summed E-state index contributed by atoms with van der Waals surface area (Å²) in [4.78, 5) is 7.42. The number of rotatable bonds is 3. The summed E-state index contributed by atoms with van der Waals surface area (Å²) >= 11 is 0. The van der Waals surface area contributed by atoms with Crippen molar-refractivity contribution in [2.45, 2.75) is 19.3 Å². The van der Waals surface area contributed by atoms with Crippen LogP contribution in [0, 0.1) is 5.41 Å². The number of aromatic amines is 1. The smallest absolute Gasteiger partial charge is 0.0931 e. The van der Waals surface area contributed by atoms with Gasteiger partial charge in [-0.1, -0.05) is 19.9 Å². The predicted octanol–water partition coefficient (Wildman–Crippen LogP) is 1.82. The monoisotopic (exact) mass is 245 g/mol. The number of imidazole rings is 1. The van der Waals surface area contributed by atoms with E-state index >= 15 is 0 Å². The summed E-state index contributed by atoms with van der Waals surface area (Å²) in [7, 11) is 0. The maximum atomic E-state index is 5.96. The molecule has 3 rings (SSSR count). The van der Waals surface area contributed by atoms with Crippen LogP contribution >= 0.6 is 0 Å². The summed E-state index contributed by atoms with van der Waals surface area (Å²) in [6.07, 6.45) is 1.73. The Morgan fingerprint density at radius 3 is 2.83 bits per heavy atom. The van der Waals surface area contributed by atoms with Gasteiger partial charge in [0.2, 0.25) is 0 Å². The second-order valence-corrected chi connectivity index (χ2v) is 5.80. The number of H-pyrrole nitrogens is 1. The number of hydrogen-bond donors (Lipinski definition) is 2. The van der Waals surface area contributed by atoms with Crippen LogP contribution in [0.15, 0.2) is 24.5 Å². The van der Waals surface area contributed by atoms with E-state index < -0.39 is 0 Å². The van der Waals surface area contributed by atoms with Gasteiger partial charge in [-0.3, -0.25) is 0 Å². The predicted molar refractivity (Wildman–Crippen MR) is 71.4 cm³/mol. The Morgan fingerprint density at radius 1 is 1.44 bits per heavy atom. The molecule has 0 atom stereocenters. The molecule has 0 unspecified atom stereocenters. The SMILES string of the molecule is CC(C)(CN)C1(c2ccc3nc[nH]c3c2)COC1. The lowest BCUT2D eigenvalue weighted by atomic mass is 9.60. The Morgan fingerprint density at radius 2 is 2.22 bits per heavy atom. The molecule has 0 aliphatic carbocycles. The number of hydrogen-bond acceptors (Lipinski definition) is 3. The van der Waals surface area contributed by atoms with Crippen molar-refractivity contribution >= 4 is 11.0 Å². The lowest BCUT2D eigenvalue weighted by Crippen LogP contribution is -2.59. The van der Waals surface area contributed by atoms with Crippen LogP contribution in [-0.4, -0.2) is 29.7 Å². The molecule has 1 aliphatic heterocycles. The minimum absolute atomic E-state index is 0.0267. The first kappa shape index (κ1) is 11.7. The average Bonchev–Trinajstić information content (AvgIpc) is 2.74. The highest BCUT2D eigenvalue weighted by Crippen LogP contribution is 2.47. The topological polar surface area (TPSA) is 63.9 Å². The van der Waals surface area contributed by atoms with Crippen LogP contribution in [0.5, 0.6) is 0 Å². The normalized spacial score (nSPS) is 18.8. The summed E-state index contributed by atoms with van der Waals surface area (Å²) in [5.41, 5.74) is 9.38. The maximum Gasteiger partial charge on any atom is 0.0931 e. The highest BCUT2D eigenvalue weighted by Gasteiger charge is 2.51. The fraction of sp³-hybridized carbons (Fsp3) is 0.500. The first-order valence-corrected chi connectivity index (χ1v) is 6.30. The zero-order valence-corrected chi connectivity index (χ0v) is 10.9. The molecule has 0 bridgehead atoms. The van der Waals surface area contributed by atoms with Gasteiger partial charge in [0, 0.05) is 5.41 Å². The van der Waals surface area contributed by atoms with E-state index in [9.17, 15) is 0 Å². The molecular weight excluding hydrogens is 226 g/mol. The fourth-order valence-corrected chi connectivity index (χ4v) is 2.68. The molecule has 18 heavy (non-hydrogen) atoms. The van der Waals surface area contributed by atoms with Crippen molar-refractivity contribution in [3.05, 3.63) is 30.1 Å². The molecule has 4 heteroatoms. The van der Waals surface area contributed by atoms with Crippen molar-refractivity contribution in [2.75, 3.05) is 19.8 Å². The number of benzene rings is 1. The third-order valence-corrected chi connectivity index (χ3v) is 4.48.